The van der Waals surface area contributed by atoms with Crippen molar-refractivity contribution in [1.29, 1.82) is 0 Å². The van der Waals surface area contributed by atoms with E-state index in [9.17, 15) is 4.39 Å². The first-order valence-corrected chi connectivity index (χ1v) is 4.43. The van der Waals surface area contributed by atoms with Crippen LogP contribution in [0, 0.1) is 12.7 Å². The molecule has 0 spiro atoms. The second-order valence-corrected chi connectivity index (χ2v) is 3.36. The van der Waals surface area contributed by atoms with E-state index in [1.807, 2.05) is 30.7 Å². The van der Waals surface area contributed by atoms with Gasteiger partial charge < -0.3 is 9.30 Å². The summed E-state index contributed by atoms with van der Waals surface area (Å²) in [4.78, 5) is 0. The molecule has 0 saturated carbocycles. The van der Waals surface area contributed by atoms with E-state index in [1.54, 1.807) is 6.07 Å². The van der Waals surface area contributed by atoms with Crippen LogP contribution in [0.25, 0.3) is 10.9 Å². The average molecular weight is 193 g/mol. The molecule has 0 fully saturated rings. The molecule has 2 aromatic rings. The Kier molecular flexibility index (Phi) is 1.95. The minimum Gasteiger partial charge on any atom is -0.494 e. The zero-order chi connectivity index (χ0) is 10.3. The van der Waals surface area contributed by atoms with Crippen molar-refractivity contribution in [3.05, 3.63) is 29.7 Å². The van der Waals surface area contributed by atoms with E-state index >= 15 is 0 Å². The van der Waals surface area contributed by atoms with Crippen LogP contribution in [0.1, 0.15) is 5.69 Å². The smallest absolute Gasteiger partial charge is 0.174 e. The van der Waals surface area contributed by atoms with Gasteiger partial charge >= 0.3 is 0 Å². The van der Waals surface area contributed by atoms with Crippen molar-refractivity contribution < 1.29 is 9.13 Å². The van der Waals surface area contributed by atoms with Gasteiger partial charge in [-0.3, -0.25) is 0 Å². The molecule has 3 heteroatoms. The first-order valence-electron chi connectivity index (χ1n) is 4.43. The number of aryl methyl sites for hydroxylation is 2. The highest BCUT2D eigenvalue weighted by Gasteiger charge is 2.11. The van der Waals surface area contributed by atoms with E-state index in [0.29, 0.717) is 11.1 Å². The van der Waals surface area contributed by atoms with E-state index in [4.69, 9.17) is 4.74 Å². The van der Waals surface area contributed by atoms with Crippen LogP contribution in [-0.4, -0.2) is 11.7 Å². The van der Waals surface area contributed by atoms with Gasteiger partial charge in [0.05, 0.1) is 12.6 Å². The second-order valence-electron chi connectivity index (χ2n) is 3.36. The number of ether oxygens (including phenoxy) is 1. The van der Waals surface area contributed by atoms with Crippen LogP contribution < -0.4 is 4.74 Å². The van der Waals surface area contributed by atoms with E-state index < -0.39 is 0 Å². The Bertz CT molecular complexity index is 487. The SMILES string of the molecule is COc1ccc2c(cc(C)n2C)c1F. The maximum Gasteiger partial charge on any atom is 0.174 e. The maximum atomic E-state index is 13.7. The fourth-order valence-corrected chi connectivity index (χ4v) is 1.65. The molecule has 74 valence electrons. The molecular formula is C11H12FNO. The fraction of sp³-hybridized carbons (Fsp3) is 0.273. The Morgan fingerprint density at radius 3 is 2.71 bits per heavy atom. The molecule has 0 aliphatic heterocycles. The molecule has 0 amide bonds. The molecule has 1 aromatic carbocycles. The molecule has 0 unspecified atom stereocenters. The van der Waals surface area contributed by atoms with Crippen molar-refractivity contribution in [2.75, 3.05) is 7.11 Å². The Hall–Kier alpha value is -1.51. The molecule has 1 heterocycles. The molecule has 0 radical (unpaired) electrons. The Labute approximate surface area is 81.9 Å². The quantitative estimate of drug-likeness (QED) is 0.679. The molecule has 2 rings (SSSR count). The van der Waals surface area contributed by atoms with Crippen molar-refractivity contribution in [1.82, 2.24) is 4.57 Å². The highest BCUT2D eigenvalue weighted by molar-refractivity contribution is 5.83. The zero-order valence-electron chi connectivity index (χ0n) is 8.47. The minimum atomic E-state index is -0.284. The third-order valence-corrected chi connectivity index (χ3v) is 2.58. The largest absolute Gasteiger partial charge is 0.494 e. The van der Waals surface area contributed by atoms with Gasteiger partial charge in [-0.15, -0.1) is 0 Å². The van der Waals surface area contributed by atoms with Crippen molar-refractivity contribution >= 4 is 10.9 Å². The van der Waals surface area contributed by atoms with Crippen LogP contribution in [0.3, 0.4) is 0 Å². The Morgan fingerprint density at radius 1 is 1.36 bits per heavy atom. The van der Waals surface area contributed by atoms with Gasteiger partial charge in [-0.2, -0.15) is 0 Å². The fourth-order valence-electron chi connectivity index (χ4n) is 1.65. The summed E-state index contributed by atoms with van der Waals surface area (Å²) in [5, 5.41) is 0.615. The Morgan fingerprint density at radius 2 is 2.07 bits per heavy atom. The second kappa shape index (κ2) is 3.01. The predicted octanol–water partition coefficient (Wildman–Crippen LogP) is 2.63. The summed E-state index contributed by atoms with van der Waals surface area (Å²) >= 11 is 0. The van der Waals surface area contributed by atoms with E-state index in [-0.39, 0.29) is 5.82 Å². The van der Waals surface area contributed by atoms with Gasteiger partial charge in [0, 0.05) is 18.1 Å². The van der Waals surface area contributed by atoms with Crippen LogP contribution in [-0.2, 0) is 7.05 Å². The molecular weight excluding hydrogens is 181 g/mol. The summed E-state index contributed by atoms with van der Waals surface area (Å²) in [6.07, 6.45) is 0. The van der Waals surface area contributed by atoms with Crippen LogP contribution in [0.2, 0.25) is 0 Å². The number of halogens is 1. The lowest BCUT2D eigenvalue weighted by Crippen LogP contribution is -1.91. The number of fused-ring (bicyclic) bond motifs is 1. The number of rotatable bonds is 1. The highest BCUT2D eigenvalue weighted by Crippen LogP contribution is 2.27. The zero-order valence-corrected chi connectivity index (χ0v) is 8.47. The van der Waals surface area contributed by atoms with Gasteiger partial charge in [0.2, 0.25) is 0 Å². The van der Waals surface area contributed by atoms with Gasteiger partial charge in [-0.1, -0.05) is 0 Å². The van der Waals surface area contributed by atoms with Crippen molar-refractivity contribution in [3.63, 3.8) is 0 Å². The number of methoxy groups -OCH3 is 1. The molecule has 0 bridgehead atoms. The summed E-state index contributed by atoms with van der Waals surface area (Å²) in [5.41, 5.74) is 1.92. The van der Waals surface area contributed by atoms with Crippen molar-refractivity contribution in [2.24, 2.45) is 7.05 Å². The minimum absolute atomic E-state index is 0.284. The number of hydrogen-bond donors (Lipinski definition) is 0. The van der Waals surface area contributed by atoms with Crippen molar-refractivity contribution in [2.45, 2.75) is 6.92 Å². The van der Waals surface area contributed by atoms with E-state index in [1.165, 1.54) is 7.11 Å². The standard InChI is InChI=1S/C11H12FNO/c1-7-6-8-9(13(7)2)4-5-10(14-3)11(8)12/h4-6H,1-3H3. The van der Waals surface area contributed by atoms with Crippen LogP contribution in [0.5, 0.6) is 5.75 Å². The Balaban J connectivity index is 2.83. The molecule has 0 aliphatic rings. The van der Waals surface area contributed by atoms with Gasteiger partial charge in [-0.25, -0.2) is 4.39 Å². The van der Waals surface area contributed by atoms with Gasteiger partial charge in [-0.05, 0) is 25.1 Å². The third-order valence-electron chi connectivity index (χ3n) is 2.58. The molecule has 0 atom stereocenters. The maximum absolute atomic E-state index is 13.7. The first-order chi connectivity index (χ1) is 6.65. The summed E-state index contributed by atoms with van der Waals surface area (Å²) in [6.45, 7) is 1.95. The molecule has 0 saturated heterocycles. The van der Waals surface area contributed by atoms with Crippen LogP contribution >= 0.6 is 0 Å². The van der Waals surface area contributed by atoms with Gasteiger partial charge in [0.25, 0.3) is 0 Å². The van der Waals surface area contributed by atoms with Crippen molar-refractivity contribution in [3.8, 4) is 5.75 Å². The average Bonchev–Trinajstić information content (AvgIpc) is 2.46. The van der Waals surface area contributed by atoms with Gasteiger partial charge in [0.15, 0.2) is 11.6 Å². The summed E-state index contributed by atoms with van der Waals surface area (Å²) in [7, 11) is 3.39. The van der Waals surface area contributed by atoms with Crippen LogP contribution in [0.4, 0.5) is 4.39 Å². The number of hydrogen-bond acceptors (Lipinski definition) is 1. The lowest BCUT2D eigenvalue weighted by molar-refractivity contribution is 0.389. The van der Waals surface area contributed by atoms with E-state index in [2.05, 4.69) is 0 Å². The van der Waals surface area contributed by atoms with Crippen LogP contribution in [0.15, 0.2) is 18.2 Å². The first kappa shape index (κ1) is 9.06. The molecule has 0 aliphatic carbocycles. The van der Waals surface area contributed by atoms with E-state index in [0.717, 1.165) is 11.2 Å². The van der Waals surface area contributed by atoms with Gasteiger partial charge in [0.1, 0.15) is 0 Å². The summed E-state index contributed by atoms with van der Waals surface area (Å²) in [6, 6.07) is 5.34. The molecule has 0 N–H and O–H groups in total. The highest BCUT2D eigenvalue weighted by atomic mass is 19.1. The monoisotopic (exact) mass is 193 g/mol. The number of nitrogens with zero attached hydrogens (tertiary/aromatic N) is 1. The number of aromatic nitrogens is 1. The summed E-state index contributed by atoms with van der Waals surface area (Å²) < 4.78 is 20.6. The predicted molar refractivity (Wildman–Crippen MR) is 54.2 cm³/mol. The summed E-state index contributed by atoms with van der Waals surface area (Å²) in [5.74, 6) is 0.0109. The normalized spacial score (nSPS) is 10.9. The lowest BCUT2D eigenvalue weighted by Gasteiger charge is -2.03. The molecule has 14 heavy (non-hydrogen) atoms. The number of benzene rings is 1. The topological polar surface area (TPSA) is 14.2 Å². The third kappa shape index (κ3) is 1.09. The lowest BCUT2D eigenvalue weighted by atomic mass is 10.2. The molecule has 1 aromatic heterocycles. The molecule has 2 nitrogen and oxygen atoms in total.